The molecule has 184 valence electrons. The maximum atomic E-state index is 12.4. The van der Waals surface area contributed by atoms with Crippen LogP contribution in [0.2, 0.25) is 0 Å². The lowest BCUT2D eigenvalue weighted by Crippen LogP contribution is -2.56. The van der Waals surface area contributed by atoms with Gasteiger partial charge in [-0.15, -0.1) is 0 Å². The van der Waals surface area contributed by atoms with Crippen molar-refractivity contribution in [1.82, 2.24) is 21.3 Å². The molecule has 3 aliphatic carbocycles. The summed E-state index contributed by atoms with van der Waals surface area (Å²) in [5.41, 5.74) is 0. The van der Waals surface area contributed by atoms with Gasteiger partial charge in [0.25, 0.3) is 0 Å². The molecule has 6 nitrogen and oxygen atoms in total. The molecule has 6 heteroatoms. The van der Waals surface area contributed by atoms with Gasteiger partial charge in [0.15, 0.2) is 0 Å². The first-order chi connectivity index (χ1) is 15.7. The minimum absolute atomic E-state index is 0.0232. The van der Waals surface area contributed by atoms with Crippen molar-refractivity contribution in [2.45, 2.75) is 128 Å². The van der Waals surface area contributed by atoms with E-state index in [1.807, 2.05) is 0 Å². The van der Waals surface area contributed by atoms with Crippen LogP contribution in [0.3, 0.4) is 0 Å². The molecule has 0 bridgehead atoms. The quantitative estimate of drug-likeness (QED) is 0.327. The topological polar surface area (TPSA) is 82.3 Å². The molecule has 0 aromatic heterocycles. The van der Waals surface area contributed by atoms with E-state index in [1.165, 1.54) is 77.0 Å². The predicted molar refractivity (Wildman–Crippen MR) is 131 cm³/mol. The molecule has 0 aliphatic heterocycles. The number of amides is 4. The molecule has 4 amide bonds. The van der Waals surface area contributed by atoms with Gasteiger partial charge < -0.3 is 21.3 Å². The standard InChI is InChI=1S/C26H48N4O2/c31-25(27-19-9-15-21-11-3-1-4-12-21)29-23-17-7-8-18-24(23)30-26(32)28-20-10-16-22-13-5-2-6-14-22/h21-24H,1-20H2,(H2,27,29,31)(H2,28,30,32). The fourth-order valence-corrected chi connectivity index (χ4v) is 6.05. The molecule has 0 saturated heterocycles. The van der Waals surface area contributed by atoms with Gasteiger partial charge in [-0.3, -0.25) is 0 Å². The van der Waals surface area contributed by atoms with Crippen LogP contribution in [-0.4, -0.2) is 37.2 Å². The Morgan fingerprint density at radius 1 is 0.531 bits per heavy atom. The summed E-state index contributed by atoms with van der Waals surface area (Å²) < 4.78 is 0. The van der Waals surface area contributed by atoms with Gasteiger partial charge in [0.2, 0.25) is 0 Å². The van der Waals surface area contributed by atoms with Crippen molar-refractivity contribution in [3.05, 3.63) is 0 Å². The average molecular weight is 449 g/mol. The lowest BCUT2D eigenvalue weighted by Gasteiger charge is -2.32. The molecule has 0 aromatic carbocycles. The first-order valence-electron chi connectivity index (χ1n) is 13.8. The SMILES string of the molecule is O=C(NCCCC1CCCCC1)NC1CCCCC1NC(=O)NCCCC1CCCCC1. The van der Waals surface area contributed by atoms with Crippen LogP contribution in [0.1, 0.15) is 116 Å². The molecule has 2 unspecified atom stereocenters. The minimum atomic E-state index is -0.0831. The molecular weight excluding hydrogens is 400 g/mol. The van der Waals surface area contributed by atoms with E-state index in [-0.39, 0.29) is 24.1 Å². The number of carbonyl (C=O) groups excluding carboxylic acids is 2. The second-order valence-electron chi connectivity index (χ2n) is 10.6. The molecule has 3 saturated carbocycles. The highest BCUT2D eigenvalue weighted by molar-refractivity contribution is 5.75. The maximum absolute atomic E-state index is 12.4. The van der Waals surface area contributed by atoms with Crippen LogP contribution >= 0.6 is 0 Å². The summed E-state index contributed by atoms with van der Waals surface area (Å²) >= 11 is 0. The summed E-state index contributed by atoms with van der Waals surface area (Å²) in [6.07, 6.45) is 22.4. The van der Waals surface area contributed by atoms with E-state index in [0.29, 0.717) is 0 Å². The molecule has 3 fully saturated rings. The summed E-state index contributed by atoms with van der Waals surface area (Å²) in [6, 6.07) is -0.120. The number of carbonyl (C=O) groups is 2. The first kappa shape index (κ1) is 25.2. The third kappa shape index (κ3) is 9.58. The van der Waals surface area contributed by atoms with Crippen LogP contribution in [0.5, 0.6) is 0 Å². The number of hydrogen-bond donors (Lipinski definition) is 4. The highest BCUT2D eigenvalue weighted by Gasteiger charge is 2.27. The number of nitrogens with one attached hydrogen (secondary N) is 4. The van der Waals surface area contributed by atoms with Crippen molar-refractivity contribution >= 4 is 12.1 Å². The van der Waals surface area contributed by atoms with Crippen LogP contribution in [0, 0.1) is 11.8 Å². The summed E-state index contributed by atoms with van der Waals surface area (Å²) in [7, 11) is 0. The molecule has 3 rings (SSSR count). The summed E-state index contributed by atoms with van der Waals surface area (Å²) in [4.78, 5) is 24.8. The monoisotopic (exact) mass is 448 g/mol. The van der Waals surface area contributed by atoms with Gasteiger partial charge in [-0.1, -0.05) is 77.0 Å². The van der Waals surface area contributed by atoms with Crippen molar-refractivity contribution in [2.24, 2.45) is 11.8 Å². The van der Waals surface area contributed by atoms with E-state index in [4.69, 9.17) is 0 Å². The van der Waals surface area contributed by atoms with E-state index in [2.05, 4.69) is 21.3 Å². The Bertz CT molecular complexity index is 496. The predicted octanol–water partition coefficient (Wildman–Crippen LogP) is 5.62. The molecular formula is C26H48N4O2. The summed E-state index contributed by atoms with van der Waals surface area (Å²) in [6.45, 7) is 1.49. The Hall–Kier alpha value is -1.46. The minimum Gasteiger partial charge on any atom is -0.338 e. The number of rotatable bonds is 10. The lowest BCUT2D eigenvalue weighted by molar-refractivity contribution is 0.213. The molecule has 0 heterocycles. The Kier molecular flexibility index (Phi) is 11.5. The summed E-state index contributed by atoms with van der Waals surface area (Å²) in [5.74, 6) is 1.73. The molecule has 4 N–H and O–H groups in total. The normalized spacial score (nSPS) is 25.1. The molecule has 0 radical (unpaired) electrons. The van der Waals surface area contributed by atoms with E-state index in [1.54, 1.807) is 0 Å². The van der Waals surface area contributed by atoms with Crippen molar-refractivity contribution in [1.29, 1.82) is 0 Å². The first-order valence-corrected chi connectivity index (χ1v) is 13.8. The van der Waals surface area contributed by atoms with Crippen LogP contribution in [0.15, 0.2) is 0 Å². The van der Waals surface area contributed by atoms with Gasteiger partial charge in [-0.2, -0.15) is 0 Å². The van der Waals surface area contributed by atoms with E-state index in [0.717, 1.165) is 63.5 Å². The molecule has 0 spiro atoms. The van der Waals surface area contributed by atoms with Gasteiger partial charge in [-0.05, 0) is 50.4 Å². The van der Waals surface area contributed by atoms with Gasteiger partial charge in [0.1, 0.15) is 0 Å². The lowest BCUT2D eigenvalue weighted by atomic mass is 9.86. The third-order valence-electron chi connectivity index (χ3n) is 8.00. The van der Waals surface area contributed by atoms with Gasteiger partial charge in [0, 0.05) is 13.1 Å². The van der Waals surface area contributed by atoms with Crippen molar-refractivity contribution in [3.63, 3.8) is 0 Å². The average Bonchev–Trinajstić information content (AvgIpc) is 2.82. The van der Waals surface area contributed by atoms with E-state index < -0.39 is 0 Å². The van der Waals surface area contributed by atoms with Crippen molar-refractivity contribution in [2.75, 3.05) is 13.1 Å². The Labute approximate surface area is 195 Å². The summed E-state index contributed by atoms with van der Waals surface area (Å²) in [5, 5.41) is 12.3. The fourth-order valence-electron chi connectivity index (χ4n) is 6.05. The van der Waals surface area contributed by atoms with Crippen LogP contribution < -0.4 is 21.3 Å². The van der Waals surface area contributed by atoms with Gasteiger partial charge >= 0.3 is 12.1 Å². The second-order valence-corrected chi connectivity index (χ2v) is 10.6. The second kappa shape index (κ2) is 14.6. The smallest absolute Gasteiger partial charge is 0.315 e. The zero-order chi connectivity index (χ0) is 22.4. The van der Waals surface area contributed by atoms with Crippen molar-refractivity contribution in [3.8, 4) is 0 Å². The fraction of sp³-hybridized carbons (Fsp3) is 0.923. The number of hydrogen-bond acceptors (Lipinski definition) is 2. The van der Waals surface area contributed by atoms with E-state index in [9.17, 15) is 9.59 Å². The zero-order valence-corrected chi connectivity index (χ0v) is 20.3. The zero-order valence-electron chi connectivity index (χ0n) is 20.3. The molecule has 32 heavy (non-hydrogen) atoms. The van der Waals surface area contributed by atoms with Crippen LogP contribution in [0.4, 0.5) is 9.59 Å². The van der Waals surface area contributed by atoms with Crippen LogP contribution in [-0.2, 0) is 0 Å². The highest BCUT2D eigenvalue weighted by atomic mass is 16.2. The molecule has 0 aromatic rings. The molecule has 3 aliphatic rings. The van der Waals surface area contributed by atoms with Crippen LogP contribution in [0.25, 0.3) is 0 Å². The Morgan fingerprint density at radius 2 is 0.906 bits per heavy atom. The third-order valence-corrected chi connectivity index (χ3v) is 8.00. The maximum Gasteiger partial charge on any atom is 0.315 e. The Morgan fingerprint density at radius 3 is 1.31 bits per heavy atom. The number of urea groups is 2. The Balaban J connectivity index is 1.27. The van der Waals surface area contributed by atoms with E-state index >= 15 is 0 Å². The largest absolute Gasteiger partial charge is 0.338 e. The highest BCUT2D eigenvalue weighted by Crippen LogP contribution is 2.27. The molecule has 2 atom stereocenters. The van der Waals surface area contributed by atoms with Gasteiger partial charge in [-0.25, -0.2) is 9.59 Å². The van der Waals surface area contributed by atoms with Crippen molar-refractivity contribution < 1.29 is 9.59 Å². The van der Waals surface area contributed by atoms with Gasteiger partial charge in [0.05, 0.1) is 12.1 Å².